The normalized spacial score (nSPS) is 21.3. The highest BCUT2D eigenvalue weighted by molar-refractivity contribution is 5.43. The number of hydrogen-bond donors (Lipinski definition) is 2. The summed E-state index contributed by atoms with van der Waals surface area (Å²) < 4.78 is 28.0. The first-order valence-corrected chi connectivity index (χ1v) is 9.47. The minimum atomic E-state index is -0.453. The highest BCUT2D eigenvalue weighted by Gasteiger charge is 2.35. The monoisotopic (exact) mass is 380 g/mol. The van der Waals surface area contributed by atoms with Crippen LogP contribution in [0.15, 0.2) is 60.7 Å². The molecule has 0 fully saturated rings. The van der Waals surface area contributed by atoms with E-state index in [2.05, 4.69) is 6.92 Å². The van der Waals surface area contributed by atoms with Gasteiger partial charge < -0.3 is 10.2 Å². The molecule has 0 aliphatic heterocycles. The molecule has 0 aromatic heterocycles. The molecule has 1 aliphatic rings. The molecule has 3 aromatic rings. The molecule has 3 atom stereocenters. The first-order valence-electron chi connectivity index (χ1n) is 9.47. The zero-order valence-electron chi connectivity index (χ0n) is 15.6. The summed E-state index contributed by atoms with van der Waals surface area (Å²) in [6, 6.07) is 16.1. The van der Waals surface area contributed by atoms with Crippen molar-refractivity contribution in [1.29, 1.82) is 0 Å². The van der Waals surface area contributed by atoms with E-state index in [4.69, 9.17) is 0 Å². The number of benzene rings is 3. The Morgan fingerprint density at radius 1 is 0.893 bits per heavy atom. The minimum Gasteiger partial charge on any atom is -0.508 e. The molecule has 3 unspecified atom stereocenters. The zero-order valence-corrected chi connectivity index (χ0v) is 15.6. The van der Waals surface area contributed by atoms with E-state index in [0.717, 1.165) is 29.2 Å². The predicted octanol–water partition coefficient (Wildman–Crippen LogP) is 5.68. The summed E-state index contributed by atoms with van der Waals surface area (Å²) in [6.45, 7) is 2.12. The average molecular weight is 380 g/mol. The van der Waals surface area contributed by atoms with Crippen LogP contribution in [0.1, 0.15) is 41.0 Å². The third-order valence-corrected chi connectivity index (χ3v) is 6.01. The largest absolute Gasteiger partial charge is 0.508 e. The smallest absolute Gasteiger partial charge is 0.126 e. The summed E-state index contributed by atoms with van der Waals surface area (Å²) in [5.74, 6) is -0.213. The van der Waals surface area contributed by atoms with Crippen LogP contribution >= 0.6 is 0 Å². The molecular weight excluding hydrogens is 358 g/mol. The van der Waals surface area contributed by atoms with Gasteiger partial charge in [-0.3, -0.25) is 0 Å². The van der Waals surface area contributed by atoms with Crippen molar-refractivity contribution in [2.45, 2.75) is 31.6 Å². The van der Waals surface area contributed by atoms with Crippen LogP contribution in [0.4, 0.5) is 8.78 Å². The molecule has 144 valence electrons. The summed E-state index contributed by atoms with van der Waals surface area (Å²) in [5.41, 5.74) is 3.55. The number of aromatic hydroxyl groups is 2. The van der Waals surface area contributed by atoms with Crippen LogP contribution in [0.25, 0.3) is 0 Å². The summed E-state index contributed by atoms with van der Waals surface area (Å²) in [4.78, 5) is 0. The summed E-state index contributed by atoms with van der Waals surface area (Å²) >= 11 is 0. The summed E-state index contributed by atoms with van der Waals surface area (Å²) in [7, 11) is 0. The third-order valence-electron chi connectivity index (χ3n) is 6.01. The number of phenols is 2. The summed E-state index contributed by atoms with van der Waals surface area (Å²) in [5, 5.41) is 19.6. The molecule has 0 amide bonds. The number of hydrogen-bond acceptors (Lipinski definition) is 2. The van der Waals surface area contributed by atoms with Crippen LogP contribution in [0.5, 0.6) is 11.5 Å². The van der Waals surface area contributed by atoms with E-state index < -0.39 is 11.6 Å². The van der Waals surface area contributed by atoms with Gasteiger partial charge in [-0.05, 0) is 95.3 Å². The molecule has 4 rings (SSSR count). The van der Waals surface area contributed by atoms with Gasteiger partial charge >= 0.3 is 0 Å². The number of fused-ring (bicyclic) bond motifs is 1. The Balaban J connectivity index is 1.77. The second kappa shape index (κ2) is 7.27. The third kappa shape index (κ3) is 3.47. The highest BCUT2D eigenvalue weighted by atomic mass is 19.1. The molecule has 28 heavy (non-hydrogen) atoms. The number of phenolic OH excluding ortho intramolecular Hbond substituents is 2. The van der Waals surface area contributed by atoms with Gasteiger partial charge in [-0.15, -0.1) is 0 Å². The van der Waals surface area contributed by atoms with Crippen LogP contribution < -0.4 is 0 Å². The highest BCUT2D eigenvalue weighted by Crippen LogP contribution is 2.47. The number of halogens is 2. The lowest BCUT2D eigenvalue weighted by atomic mass is 9.66. The van der Waals surface area contributed by atoms with Crippen molar-refractivity contribution < 1.29 is 19.0 Å². The van der Waals surface area contributed by atoms with Crippen molar-refractivity contribution in [3.8, 4) is 11.5 Å². The maximum absolute atomic E-state index is 14.3. The van der Waals surface area contributed by atoms with Gasteiger partial charge in [-0.1, -0.05) is 25.1 Å². The van der Waals surface area contributed by atoms with Crippen LogP contribution in [0.3, 0.4) is 0 Å². The van der Waals surface area contributed by atoms with E-state index >= 15 is 0 Å². The maximum atomic E-state index is 14.3. The van der Waals surface area contributed by atoms with Crippen LogP contribution in [0.2, 0.25) is 0 Å². The Morgan fingerprint density at radius 3 is 2.36 bits per heavy atom. The second-order valence-corrected chi connectivity index (χ2v) is 7.69. The average Bonchev–Trinajstić information content (AvgIpc) is 2.67. The molecule has 0 bridgehead atoms. The topological polar surface area (TPSA) is 40.5 Å². The molecular formula is C24H22F2O2. The Morgan fingerprint density at radius 2 is 1.61 bits per heavy atom. The Labute approximate surface area is 163 Å². The first kappa shape index (κ1) is 18.5. The van der Waals surface area contributed by atoms with Gasteiger partial charge in [0.25, 0.3) is 0 Å². The van der Waals surface area contributed by atoms with Gasteiger partial charge in [-0.2, -0.15) is 0 Å². The molecule has 0 radical (unpaired) electrons. The van der Waals surface area contributed by atoms with Crippen LogP contribution in [-0.2, 0) is 12.8 Å². The van der Waals surface area contributed by atoms with Gasteiger partial charge in [0.15, 0.2) is 0 Å². The first-order chi connectivity index (χ1) is 13.4. The lowest BCUT2D eigenvalue weighted by Crippen LogP contribution is -2.28. The maximum Gasteiger partial charge on any atom is 0.126 e. The van der Waals surface area contributed by atoms with E-state index in [0.29, 0.717) is 12.0 Å². The van der Waals surface area contributed by atoms with E-state index in [1.807, 2.05) is 18.2 Å². The molecule has 2 nitrogen and oxygen atoms in total. The van der Waals surface area contributed by atoms with Crippen molar-refractivity contribution in [3.05, 3.63) is 94.6 Å². The Kier molecular flexibility index (Phi) is 4.80. The Hall–Kier alpha value is -2.88. The van der Waals surface area contributed by atoms with Gasteiger partial charge in [0.1, 0.15) is 23.1 Å². The zero-order chi connectivity index (χ0) is 19.8. The molecule has 1 aliphatic carbocycles. The fraction of sp³-hybridized carbons (Fsp3) is 0.250. The van der Waals surface area contributed by atoms with Crippen molar-refractivity contribution >= 4 is 0 Å². The van der Waals surface area contributed by atoms with Crippen molar-refractivity contribution in [2.75, 3.05) is 0 Å². The quantitative estimate of drug-likeness (QED) is 0.614. The van der Waals surface area contributed by atoms with E-state index in [-0.39, 0.29) is 29.3 Å². The molecule has 0 saturated heterocycles. The second-order valence-electron chi connectivity index (χ2n) is 7.69. The SMILES string of the molecule is CC1C(c2ccc(O)cc2)Cc2ccc(O)cc2C1Cc1cc(F)ccc1F. The lowest BCUT2D eigenvalue weighted by molar-refractivity contribution is 0.344. The van der Waals surface area contributed by atoms with Gasteiger partial charge in [0, 0.05) is 0 Å². The molecule has 0 heterocycles. The fourth-order valence-electron chi connectivity index (χ4n) is 4.48. The lowest BCUT2D eigenvalue weighted by Gasteiger charge is -2.38. The predicted molar refractivity (Wildman–Crippen MR) is 105 cm³/mol. The van der Waals surface area contributed by atoms with E-state index in [9.17, 15) is 19.0 Å². The van der Waals surface area contributed by atoms with Crippen molar-refractivity contribution in [3.63, 3.8) is 0 Å². The standard InChI is InChI=1S/C24H22F2O2/c1-14-21(15-2-6-19(27)7-3-15)11-16-4-8-20(28)13-23(16)22(14)12-17-10-18(25)5-9-24(17)26/h2-10,13-14,21-22,27-28H,11-12H2,1H3. The van der Waals surface area contributed by atoms with Gasteiger partial charge in [0.05, 0.1) is 0 Å². The Bertz CT molecular complexity index is 998. The minimum absolute atomic E-state index is 0.0639. The van der Waals surface area contributed by atoms with E-state index in [1.165, 1.54) is 12.1 Å². The van der Waals surface area contributed by atoms with Crippen molar-refractivity contribution in [2.24, 2.45) is 5.92 Å². The fourth-order valence-corrected chi connectivity index (χ4v) is 4.48. The van der Waals surface area contributed by atoms with Crippen LogP contribution in [-0.4, -0.2) is 10.2 Å². The molecule has 4 heteroatoms. The van der Waals surface area contributed by atoms with Gasteiger partial charge in [-0.25, -0.2) is 8.78 Å². The van der Waals surface area contributed by atoms with Crippen LogP contribution in [0, 0.1) is 17.6 Å². The number of rotatable bonds is 3. The molecule has 2 N–H and O–H groups in total. The molecule has 3 aromatic carbocycles. The van der Waals surface area contributed by atoms with E-state index in [1.54, 1.807) is 24.3 Å². The molecule has 0 saturated carbocycles. The summed E-state index contributed by atoms with van der Waals surface area (Å²) in [6.07, 6.45) is 1.15. The van der Waals surface area contributed by atoms with Gasteiger partial charge in [0.2, 0.25) is 0 Å². The van der Waals surface area contributed by atoms with Crippen molar-refractivity contribution in [1.82, 2.24) is 0 Å². The molecule has 0 spiro atoms.